The molecule has 10 heteroatoms. The molecule has 530 valence electrons. The van der Waals surface area contributed by atoms with Crippen molar-refractivity contribution in [2.75, 3.05) is 47.5 Å². The second-order valence-corrected chi connectivity index (χ2v) is 28.1. The maximum atomic E-state index is 12.9. The summed E-state index contributed by atoms with van der Waals surface area (Å²) in [5, 5.41) is 0. The summed E-state index contributed by atoms with van der Waals surface area (Å²) in [4.78, 5) is 35.9. The molecule has 0 saturated carbocycles. The predicted molar refractivity (Wildman–Crippen MR) is 399 cm³/mol. The van der Waals surface area contributed by atoms with Crippen molar-refractivity contribution in [2.45, 2.75) is 341 Å². The molecular formula is C82H145NO8P+. The number of quaternary nitrogens is 1. The highest BCUT2D eigenvalue weighted by atomic mass is 31.2. The van der Waals surface area contributed by atoms with Gasteiger partial charge in [-0.2, -0.15) is 0 Å². The molecule has 2 atom stereocenters. The zero-order valence-electron chi connectivity index (χ0n) is 60.5. The summed E-state index contributed by atoms with van der Waals surface area (Å²) in [7, 11) is 1.48. The van der Waals surface area contributed by atoms with Gasteiger partial charge in [0.25, 0.3) is 0 Å². The van der Waals surface area contributed by atoms with E-state index in [0.717, 1.165) is 109 Å². The summed E-state index contributed by atoms with van der Waals surface area (Å²) in [6, 6.07) is 0. The molecule has 0 aliphatic rings. The Morgan fingerprint density at radius 1 is 0.337 bits per heavy atom. The lowest BCUT2D eigenvalue weighted by atomic mass is 10.0. The van der Waals surface area contributed by atoms with Crippen molar-refractivity contribution in [1.29, 1.82) is 0 Å². The molecule has 0 saturated heterocycles. The fourth-order valence-corrected chi connectivity index (χ4v) is 11.5. The first kappa shape index (κ1) is 88.4. The van der Waals surface area contributed by atoms with Gasteiger partial charge in [0.1, 0.15) is 19.8 Å². The highest BCUT2D eigenvalue weighted by molar-refractivity contribution is 7.47. The number of likely N-dealkylation sites (N-methyl/N-ethyl adjacent to an activating group) is 1. The van der Waals surface area contributed by atoms with Gasteiger partial charge in [-0.25, -0.2) is 4.57 Å². The molecule has 0 aliphatic carbocycles. The number of phosphoric ester groups is 1. The minimum atomic E-state index is -4.40. The van der Waals surface area contributed by atoms with E-state index in [9.17, 15) is 19.0 Å². The summed E-state index contributed by atoms with van der Waals surface area (Å²) >= 11 is 0. The maximum absolute atomic E-state index is 12.9. The Balaban J connectivity index is 3.96. The maximum Gasteiger partial charge on any atom is 0.472 e. The van der Waals surface area contributed by atoms with E-state index in [-0.39, 0.29) is 32.0 Å². The van der Waals surface area contributed by atoms with E-state index in [4.69, 9.17) is 18.5 Å². The molecule has 0 aliphatic heterocycles. The standard InChI is InChI=1S/C82H144NO8P/c1-6-8-10-12-14-16-18-20-22-24-26-28-30-32-34-36-37-38-39-40-41-42-43-44-45-47-48-50-52-54-56-58-60-62-64-66-68-70-72-74-81(84)88-78-80(79-90-92(86,87)89-77-76-83(3,4)5)91-82(85)75-73-71-69-67-65-63-61-59-57-55-53-51-49-46-35-33-31-29-27-25-23-21-19-17-15-13-11-9-7-2/h8-11,14-17,20-23,26-29,33,35,49,51,80H,6-7,12-13,18-19,24-25,30-32,34,36-48,50,52-79H2,1-5H3/p+1/b10-8-,11-9-,16-14-,17-15-,22-20-,23-21-,28-26-,29-27-,35-33-,51-49-. The number of hydrogen-bond acceptors (Lipinski definition) is 7. The third-order valence-corrected chi connectivity index (χ3v) is 17.5. The second kappa shape index (κ2) is 71.7. The predicted octanol–water partition coefficient (Wildman–Crippen LogP) is 25.4. The van der Waals surface area contributed by atoms with E-state index in [0.29, 0.717) is 17.4 Å². The zero-order chi connectivity index (χ0) is 66.9. The lowest BCUT2D eigenvalue weighted by molar-refractivity contribution is -0.870. The zero-order valence-corrected chi connectivity index (χ0v) is 61.4. The van der Waals surface area contributed by atoms with Crippen LogP contribution in [0.5, 0.6) is 0 Å². The third kappa shape index (κ3) is 75.4. The number of carbonyl (C=O) groups excluding carboxylic acids is 2. The number of unbranched alkanes of at least 4 members (excludes halogenated alkanes) is 36. The van der Waals surface area contributed by atoms with Crippen molar-refractivity contribution in [1.82, 2.24) is 0 Å². The van der Waals surface area contributed by atoms with Gasteiger partial charge in [0, 0.05) is 12.8 Å². The topological polar surface area (TPSA) is 108 Å². The van der Waals surface area contributed by atoms with E-state index in [1.54, 1.807) is 0 Å². The summed E-state index contributed by atoms with van der Waals surface area (Å²) in [5.41, 5.74) is 0. The lowest BCUT2D eigenvalue weighted by Gasteiger charge is -2.24. The smallest absolute Gasteiger partial charge is 0.462 e. The monoisotopic (exact) mass is 1300 g/mol. The summed E-state index contributed by atoms with van der Waals surface area (Å²) < 4.78 is 34.8. The van der Waals surface area contributed by atoms with Crippen molar-refractivity contribution in [2.24, 2.45) is 0 Å². The third-order valence-electron chi connectivity index (χ3n) is 16.5. The van der Waals surface area contributed by atoms with Gasteiger partial charge < -0.3 is 18.9 Å². The normalized spacial score (nSPS) is 13.8. The number of esters is 2. The highest BCUT2D eigenvalue weighted by Crippen LogP contribution is 2.43. The molecule has 1 N–H and O–H groups in total. The Hall–Kier alpha value is -3.59. The van der Waals surface area contributed by atoms with Crippen LogP contribution in [0.1, 0.15) is 335 Å². The van der Waals surface area contributed by atoms with E-state index in [1.807, 2.05) is 21.1 Å². The molecule has 2 unspecified atom stereocenters. The van der Waals surface area contributed by atoms with Crippen LogP contribution >= 0.6 is 7.82 Å². The molecule has 0 aromatic rings. The van der Waals surface area contributed by atoms with Crippen LogP contribution in [0.3, 0.4) is 0 Å². The van der Waals surface area contributed by atoms with E-state index in [2.05, 4.69) is 135 Å². The molecule has 0 fully saturated rings. The fourth-order valence-electron chi connectivity index (χ4n) is 10.7. The molecule has 9 nitrogen and oxygen atoms in total. The van der Waals surface area contributed by atoms with Crippen LogP contribution in [0.2, 0.25) is 0 Å². The minimum absolute atomic E-state index is 0.0278. The van der Waals surface area contributed by atoms with Gasteiger partial charge >= 0.3 is 19.8 Å². The molecular weight excluding hydrogens is 1160 g/mol. The van der Waals surface area contributed by atoms with Crippen LogP contribution in [0, 0.1) is 0 Å². The first-order chi connectivity index (χ1) is 45.0. The first-order valence-corrected chi connectivity index (χ1v) is 39.8. The van der Waals surface area contributed by atoms with Gasteiger partial charge in [-0.3, -0.25) is 18.6 Å². The number of rotatable bonds is 70. The van der Waals surface area contributed by atoms with Crippen LogP contribution in [0.15, 0.2) is 122 Å². The number of carbonyl (C=O) groups is 2. The Morgan fingerprint density at radius 2 is 0.587 bits per heavy atom. The largest absolute Gasteiger partial charge is 0.472 e. The van der Waals surface area contributed by atoms with Gasteiger partial charge in [0.2, 0.25) is 0 Å². The number of phosphoric acid groups is 1. The second-order valence-electron chi connectivity index (χ2n) is 26.6. The highest BCUT2D eigenvalue weighted by Gasteiger charge is 2.27. The van der Waals surface area contributed by atoms with E-state index in [1.165, 1.54) is 193 Å². The number of ether oxygens (including phenoxy) is 2. The first-order valence-electron chi connectivity index (χ1n) is 38.3. The van der Waals surface area contributed by atoms with Crippen molar-refractivity contribution >= 4 is 19.8 Å². The number of hydrogen-bond donors (Lipinski definition) is 1. The molecule has 0 spiro atoms. The van der Waals surface area contributed by atoms with Crippen molar-refractivity contribution in [3.63, 3.8) is 0 Å². The molecule has 0 aromatic heterocycles. The summed E-state index contributed by atoms with van der Waals surface area (Å²) in [5.74, 6) is -0.794. The van der Waals surface area contributed by atoms with Gasteiger partial charge in [-0.1, -0.05) is 341 Å². The van der Waals surface area contributed by atoms with E-state index < -0.39 is 26.5 Å². The van der Waals surface area contributed by atoms with Gasteiger partial charge in [0.05, 0.1) is 27.7 Å². The summed E-state index contributed by atoms with van der Waals surface area (Å²) in [6.45, 7) is 4.23. The molecule has 92 heavy (non-hydrogen) atoms. The fraction of sp³-hybridized carbons (Fsp3) is 0.732. The van der Waals surface area contributed by atoms with Crippen LogP contribution in [-0.4, -0.2) is 74.9 Å². The van der Waals surface area contributed by atoms with Crippen molar-refractivity contribution in [3.05, 3.63) is 122 Å². The Labute approximate surface area is 568 Å². The van der Waals surface area contributed by atoms with Crippen LogP contribution in [0.4, 0.5) is 0 Å². The average Bonchev–Trinajstić information content (AvgIpc) is 2.14. The molecule has 0 aromatic carbocycles. The average molecular weight is 1300 g/mol. The Morgan fingerprint density at radius 3 is 0.870 bits per heavy atom. The molecule has 0 radical (unpaired) electrons. The Bertz CT molecular complexity index is 1970. The molecule has 0 bridgehead atoms. The number of allylic oxidation sites excluding steroid dienone is 20. The van der Waals surface area contributed by atoms with Gasteiger partial charge in [-0.15, -0.1) is 0 Å². The van der Waals surface area contributed by atoms with Crippen LogP contribution in [-0.2, 0) is 32.7 Å². The molecule has 0 rings (SSSR count). The van der Waals surface area contributed by atoms with Gasteiger partial charge in [0.15, 0.2) is 6.10 Å². The van der Waals surface area contributed by atoms with Gasteiger partial charge in [-0.05, 0) is 103 Å². The SMILES string of the molecule is CC/C=C\C/C=C\C/C=C\C/C=C\C/C=C\C/C=C\CCCCCCCCCCCCC(=O)OC(COC(=O)CCCCCCCCCCCCCCCCCCCCCCCCCCCC/C=C\C/C=C\C/C=C\C/C=C\CC)COP(=O)(O)OCC[N+](C)(C)C. The minimum Gasteiger partial charge on any atom is -0.462 e. The molecule has 0 amide bonds. The lowest BCUT2D eigenvalue weighted by Crippen LogP contribution is -2.37. The number of nitrogens with zero attached hydrogens (tertiary/aromatic N) is 1. The van der Waals surface area contributed by atoms with Crippen molar-refractivity contribution in [3.8, 4) is 0 Å². The van der Waals surface area contributed by atoms with E-state index >= 15 is 0 Å². The molecule has 0 heterocycles. The van der Waals surface area contributed by atoms with Crippen LogP contribution < -0.4 is 0 Å². The quantitative estimate of drug-likeness (QED) is 0.0211. The Kier molecular flexibility index (Phi) is 68.9. The summed E-state index contributed by atoms with van der Waals surface area (Å²) in [6.07, 6.45) is 103. The van der Waals surface area contributed by atoms with Crippen LogP contribution in [0.25, 0.3) is 0 Å². The van der Waals surface area contributed by atoms with Crippen molar-refractivity contribution < 1.29 is 42.1 Å².